The maximum Gasteiger partial charge on any atom is 0.311 e. The molecule has 2 N–H and O–H groups in total. The Labute approximate surface area is 173 Å². The van der Waals surface area contributed by atoms with Crippen LogP contribution in [0, 0.1) is 16.0 Å². The summed E-state index contributed by atoms with van der Waals surface area (Å²) >= 11 is 0. The number of nitrogens with zero attached hydrogens (tertiary/aromatic N) is 1. The summed E-state index contributed by atoms with van der Waals surface area (Å²) in [6.45, 7) is 3.89. The zero-order chi connectivity index (χ0) is 21.5. The second-order valence-electron chi connectivity index (χ2n) is 7.78. The molecule has 1 aliphatic carbocycles. The number of ether oxygens (including phenoxy) is 1. The van der Waals surface area contributed by atoms with Crippen LogP contribution in [-0.4, -0.2) is 21.5 Å². The normalized spacial score (nSPS) is 14.4. The monoisotopic (exact) mass is 413 g/mol. The van der Waals surface area contributed by atoms with Gasteiger partial charge in [-0.2, -0.15) is 0 Å². The van der Waals surface area contributed by atoms with Gasteiger partial charge in [-0.25, -0.2) is 0 Å². The average molecular weight is 413 g/mol. The van der Waals surface area contributed by atoms with Crippen LogP contribution in [0.1, 0.15) is 56.9 Å². The van der Waals surface area contributed by atoms with Crippen molar-refractivity contribution in [2.24, 2.45) is 5.92 Å². The second kappa shape index (κ2) is 10.0. The largest absolute Gasteiger partial charge is 0.487 e. The topological polar surface area (TPSA) is 118 Å². The zero-order valence-corrected chi connectivity index (χ0v) is 16.9. The molecule has 0 spiro atoms. The molecule has 1 heterocycles. The van der Waals surface area contributed by atoms with E-state index in [2.05, 4.69) is 16.5 Å². The van der Waals surface area contributed by atoms with Crippen LogP contribution in [0.4, 0.5) is 5.69 Å². The van der Waals surface area contributed by atoms with Gasteiger partial charge in [0.2, 0.25) is 0 Å². The minimum Gasteiger partial charge on any atom is -0.487 e. The maximum atomic E-state index is 12.0. The number of hydrogen-bond acceptors (Lipinski definition) is 5. The Kier molecular flexibility index (Phi) is 7.21. The van der Waals surface area contributed by atoms with Gasteiger partial charge in [-0.1, -0.05) is 51.2 Å². The molecule has 1 fully saturated rings. The van der Waals surface area contributed by atoms with Gasteiger partial charge in [0.05, 0.1) is 11.5 Å². The van der Waals surface area contributed by atoms with E-state index in [-0.39, 0.29) is 22.1 Å². The minimum absolute atomic E-state index is 0.0976. The highest BCUT2D eigenvalue weighted by atomic mass is 16.6. The number of benzene rings is 1. The van der Waals surface area contributed by atoms with Crippen molar-refractivity contribution in [3.05, 3.63) is 65.3 Å². The van der Waals surface area contributed by atoms with E-state index < -0.39 is 16.0 Å². The Morgan fingerprint density at radius 3 is 2.50 bits per heavy atom. The third kappa shape index (κ3) is 5.68. The van der Waals surface area contributed by atoms with Crippen LogP contribution in [0.15, 0.2) is 27.8 Å². The predicted molar refractivity (Wildman–Crippen MR) is 115 cm³/mol. The van der Waals surface area contributed by atoms with E-state index in [1.807, 2.05) is 0 Å². The second-order valence-corrected chi connectivity index (χ2v) is 7.78. The summed E-state index contributed by atoms with van der Waals surface area (Å²) in [6.07, 6.45) is 11.0. The summed E-state index contributed by atoms with van der Waals surface area (Å²) in [7, 11) is 0. The first kappa shape index (κ1) is 21.5. The number of nitrogens with one attached hydrogen (secondary N) is 2. The van der Waals surface area contributed by atoms with E-state index in [0.29, 0.717) is 12.2 Å². The van der Waals surface area contributed by atoms with Crippen molar-refractivity contribution in [1.29, 1.82) is 0 Å². The van der Waals surface area contributed by atoms with Crippen LogP contribution in [-0.2, 0) is 0 Å². The number of unbranched alkanes of at least 4 members (excludes halogenated alkanes) is 1. The van der Waals surface area contributed by atoms with Crippen LogP contribution in [0.2, 0.25) is 0 Å². The molecule has 0 bridgehead atoms. The summed E-state index contributed by atoms with van der Waals surface area (Å²) < 4.78 is 5.66. The molecule has 8 nitrogen and oxygen atoms in total. The Hall–Kier alpha value is -3.16. The highest BCUT2D eigenvalue weighted by molar-refractivity contribution is 5.58. The van der Waals surface area contributed by atoms with Gasteiger partial charge in [-0.15, -0.1) is 0 Å². The van der Waals surface area contributed by atoms with Crippen LogP contribution >= 0.6 is 0 Å². The molecule has 0 radical (unpaired) electrons. The van der Waals surface area contributed by atoms with Gasteiger partial charge in [0.25, 0.3) is 11.1 Å². The number of hydrogen-bond donors (Lipinski definition) is 2. The number of nitro groups is 1. The molecule has 30 heavy (non-hydrogen) atoms. The van der Waals surface area contributed by atoms with Crippen molar-refractivity contribution in [2.75, 3.05) is 6.61 Å². The number of H-pyrrole nitrogens is 2. The molecule has 1 aromatic carbocycles. The SMILES string of the molecule is C=c1[nH]c(=O)c(=Cc2ccc(OCCCCC3CCCCC3)c([N+](=O)[O-])c2)c(=O)[nH]1. The molecular formula is C22H27N3O5. The van der Waals surface area contributed by atoms with Crippen molar-refractivity contribution in [3.8, 4) is 5.75 Å². The highest BCUT2D eigenvalue weighted by Crippen LogP contribution is 2.30. The fourth-order valence-electron chi connectivity index (χ4n) is 3.92. The van der Waals surface area contributed by atoms with Crippen LogP contribution in [0.5, 0.6) is 5.75 Å². The molecular weight excluding hydrogens is 386 g/mol. The first-order chi connectivity index (χ1) is 14.4. The van der Waals surface area contributed by atoms with Gasteiger partial charge in [0.15, 0.2) is 5.75 Å². The molecule has 2 aromatic rings. The third-order valence-electron chi connectivity index (χ3n) is 5.50. The van der Waals surface area contributed by atoms with E-state index >= 15 is 0 Å². The van der Waals surface area contributed by atoms with Gasteiger partial charge >= 0.3 is 5.69 Å². The van der Waals surface area contributed by atoms with E-state index in [1.54, 1.807) is 6.07 Å². The van der Waals surface area contributed by atoms with Crippen LogP contribution < -0.4 is 26.6 Å². The maximum absolute atomic E-state index is 12.0. The molecule has 0 aliphatic heterocycles. The Balaban J connectivity index is 1.67. The standard InChI is InChI=1S/C22H27N3O5/c1-15-23-21(26)18(22(27)24-15)13-17-10-11-20(19(14-17)25(28)29)30-12-6-5-9-16-7-3-2-4-8-16/h10-11,13-14,16H,1-9,12H2,(H,23,26)(H,24,27). The summed E-state index contributed by atoms with van der Waals surface area (Å²) in [5.41, 5.74) is -0.952. The molecule has 3 rings (SSSR count). The van der Waals surface area contributed by atoms with Gasteiger partial charge in [0.1, 0.15) is 10.7 Å². The van der Waals surface area contributed by atoms with E-state index in [0.717, 1.165) is 18.8 Å². The molecule has 1 aliphatic rings. The van der Waals surface area contributed by atoms with Gasteiger partial charge in [0, 0.05) is 6.07 Å². The minimum atomic E-state index is -0.607. The van der Waals surface area contributed by atoms with Gasteiger partial charge < -0.3 is 14.7 Å². The molecule has 0 amide bonds. The lowest BCUT2D eigenvalue weighted by molar-refractivity contribution is -0.385. The molecule has 0 atom stereocenters. The molecule has 0 unspecified atom stereocenters. The molecule has 160 valence electrons. The molecule has 8 heteroatoms. The van der Waals surface area contributed by atoms with Crippen LogP contribution in [0.25, 0.3) is 12.7 Å². The lowest BCUT2D eigenvalue weighted by atomic mass is 9.86. The summed E-state index contributed by atoms with van der Waals surface area (Å²) in [5, 5.41) is 11.3. The quantitative estimate of drug-likeness (QED) is 0.391. The average Bonchev–Trinajstić information content (AvgIpc) is 2.71. The van der Waals surface area contributed by atoms with Crippen molar-refractivity contribution >= 4 is 18.3 Å². The van der Waals surface area contributed by atoms with Crippen molar-refractivity contribution < 1.29 is 9.66 Å². The van der Waals surface area contributed by atoms with Gasteiger partial charge in [-0.3, -0.25) is 19.7 Å². The summed E-state index contributed by atoms with van der Waals surface area (Å²) in [6, 6.07) is 4.39. The van der Waals surface area contributed by atoms with E-state index in [1.165, 1.54) is 56.7 Å². The smallest absolute Gasteiger partial charge is 0.311 e. The Morgan fingerprint density at radius 1 is 1.13 bits per heavy atom. The summed E-state index contributed by atoms with van der Waals surface area (Å²) in [5.74, 6) is 0.998. The fourth-order valence-corrected chi connectivity index (χ4v) is 3.92. The van der Waals surface area contributed by atoms with Crippen molar-refractivity contribution in [3.63, 3.8) is 0 Å². The first-order valence-electron chi connectivity index (χ1n) is 10.4. The third-order valence-corrected chi connectivity index (χ3v) is 5.50. The molecule has 1 aromatic heterocycles. The van der Waals surface area contributed by atoms with Gasteiger partial charge in [-0.05, 0) is 36.5 Å². The Morgan fingerprint density at radius 2 is 1.83 bits per heavy atom. The number of aromatic nitrogens is 2. The lowest BCUT2D eigenvalue weighted by Gasteiger charge is -2.21. The summed E-state index contributed by atoms with van der Waals surface area (Å²) in [4.78, 5) is 39.7. The van der Waals surface area contributed by atoms with Crippen molar-refractivity contribution in [2.45, 2.75) is 51.4 Å². The lowest BCUT2D eigenvalue weighted by Crippen LogP contribution is -2.47. The zero-order valence-electron chi connectivity index (χ0n) is 16.9. The fraction of sp³-hybridized carbons (Fsp3) is 0.455. The highest BCUT2D eigenvalue weighted by Gasteiger charge is 2.16. The Bertz CT molecular complexity index is 1080. The first-order valence-corrected chi connectivity index (χ1v) is 10.4. The van der Waals surface area contributed by atoms with E-state index in [4.69, 9.17) is 4.74 Å². The molecule has 1 saturated carbocycles. The number of nitro benzene ring substituents is 1. The van der Waals surface area contributed by atoms with Crippen molar-refractivity contribution in [1.82, 2.24) is 9.97 Å². The predicted octanol–water partition coefficient (Wildman–Crippen LogP) is 2.34. The number of aromatic amines is 2. The molecule has 0 saturated heterocycles. The van der Waals surface area contributed by atoms with E-state index in [9.17, 15) is 19.7 Å². The van der Waals surface area contributed by atoms with Crippen LogP contribution in [0.3, 0.4) is 0 Å². The number of rotatable bonds is 8.